The van der Waals surface area contributed by atoms with E-state index < -0.39 is 17.7 Å². The van der Waals surface area contributed by atoms with Gasteiger partial charge in [-0.05, 0) is 35.9 Å². The van der Waals surface area contributed by atoms with Crippen LogP contribution in [0.3, 0.4) is 0 Å². The second-order valence-corrected chi connectivity index (χ2v) is 6.85. The molecule has 0 saturated carbocycles. The second-order valence-electron chi connectivity index (χ2n) is 6.04. The summed E-state index contributed by atoms with van der Waals surface area (Å²) in [5, 5.41) is 0.752. The topological polar surface area (TPSA) is 46.6 Å². The maximum atomic E-state index is 13.6. The summed E-state index contributed by atoms with van der Waals surface area (Å²) in [6.07, 6.45) is -0.0199. The predicted octanol–water partition coefficient (Wildman–Crippen LogP) is 4.46. The minimum Gasteiger partial charge on any atom is -0.456 e. The first-order chi connectivity index (χ1) is 12.5. The maximum absolute atomic E-state index is 13.6. The minimum absolute atomic E-state index is 0.0199. The number of benzene rings is 2. The van der Waals surface area contributed by atoms with Gasteiger partial charge in [-0.2, -0.15) is 0 Å². The van der Waals surface area contributed by atoms with Crippen molar-refractivity contribution in [3.63, 3.8) is 0 Å². The van der Waals surface area contributed by atoms with Crippen LogP contribution in [0, 0.1) is 5.82 Å². The Morgan fingerprint density at radius 1 is 1.08 bits per heavy atom. The van der Waals surface area contributed by atoms with Crippen LogP contribution in [0.15, 0.2) is 53.7 Å². The normalized spacial score (nSPS) is 19.7. The van der Waals surface area contributed by atoms with Crippen molar-refractivity contribution in [1.29, 1.82) is 0 Å². The number of anilines is 1. The average molecular weight is 392 g/mol. The van der Waals surface area contributed by atoms with Crippen molar-refractivity contribution in [1.82, 2.24) is 0 Å². The van der Waals surface area contributed by atoms with E-state index in [0.29, 0.717) is 32.6 Å². The Balaban J connectivity index is 1.89. The van der Waals surface area contributed by atoms with E-state index in [4.69, 9.17) is 27.9 Å². The van der Waals surface area contributed by atoms with Crippen LogP contribution >= 0.6 is 23.2 Å². The summed E-state index contributed by atoms with van der Waals surface area (Å²) in [4.78, 5) is 26.6. The van der Waals surface area contributed by atoms with Crippen molar-refractivity contribution in [2.45, 2.75) is 12.3 Å². The Labute approximate surface area is 158 Å². The van der Waals surface area contributed by atoms with Crippen LogP contribution in [0.1, 0.15) is 17.9 Å². The van der Waals surface area contributed by atoms with E-state index in [2.05, 4.69) is 0 Å². The Kier molecular flexibility index (Phi) is 4.21. The molecule has 2 heterocycles. The van der Waals surface area contributed by atoms with Crippen LogP contribution in [-0.4, -0.2) is 18.5 Å². The smallest absolute Gasteiger partial charge is 0.336 e. The number of halogens is 3. The predicted molar refractivity (Wildman–Crippen MR) is 95.7 cm³/mol. The summed E-state index contributed by atoms with van der Waals surface area (Å²) >= 11 is 12.6. The molecule has 132 valence electrons. The van der Waals surface area contributed by atoms with Gasteiger partial charge >= 0.3 is 5.97 Å². The molecular weight excluding hydrogens is 380 g/mol. The van der Waals surface area contributed by atoms with E-state index in [1.54, 1.807) is 24.3 Å². The zero-order valence-electron chi connectivity index (χ0n) is 13.3. The number of carbonyl (C=O) groups is 2. The molecule has 26 heavy (non-hydrogen) atoms. The van der Waals surface area contributed by atoms with Crippen molar-refractivity contribution in [3.05, 3.63) is 75.2 Å². The summed E-state index contributed by atoms with van der Waals surface area (Å²) in [5.74, 6) is -1.87. The van der Waals surface area contributed by atoms with Gasteiger partial charge in [0.25, 0.3) is 0 Å². The third-order valence-corrected chi connectivity index (χ3v) is 5.19. The number of carbonyl (C=O) groups excluding carboxylic acids is 2. The highest BCUT2D eigenvalue weighted by molar-refractivity contribution is 6.36. The molecule has 1 atom stereocenters. The molecule has 0 fully saturated rings. The lowest BCUT2D eigenvalue weighted by Crippen LogP contribution is -2.37. The fourth-order valence-electron chi connectivity index (χ4n) is 3.46. The number of hydrogen-bond donors (Lipinski definition) is 0. The number of esters is 1. The molecule has 0 aromatic heterocycles. The molecule has 2 aliphatic rings. The van der Waals surface area contributed by atoms with Crippen LogP contribution in [0.5, 0.6) is 0 Å². The number of rotatable bonds is 2. The molecule has 2 aliphatic heterocycles. The van der Waals surface area contributed by atoms with E-state index in [1.165, 1.54) is 23.1 Å². The Bertz CT molecular complexity index is 953. The van der Waals surface area contributed by atoms with Gasteiger partial charge in [0.1, 0.15) is 12.4 Å². The molecule has 2 aromatic rings. The van der Waals surface area contributed by atoms with Crippen molar-refractivity contribution >= 4 is 40.8 Å². The summed E-state index contributed by atoms with van der Waals surface area (Å²) in [5.41, 5.74) is 1.61. The third kappa shape index (κ3) is 2.68. The zero-order valence-corrected chi connectivity index (χ0v) is 14.9. The number of hydrogen-bond acceptors (Lipinski definition) is 3. The van der Waals surface area contributed by atoms with E-state index in [-0.39, 0.29) is 18.9 Å². The molecule has 0 N–H and O–H groups in total. The molecule has 0 spiro atoms. The minimum atomic E-state index is -0.599. The van der Waals surface area contributed by atoms with Gasteiger partial charge in [-0.3, -0.25) is 9.69 Å². The first-order valence-electron chi connectivity index (χ1n) is 7.90. The lowest BCUT2D eigenvalue weighted by molar-refractivity contribution is -0.136. The Morgan fingerprint density at radius 3 is 2.46 bits per heavy atom. The molecule has 0 unspecified atom stereocenters. The highest BCUT2D eigenvalue weighted by Gasteiger charge is 2.44. The molecule has 4 nitrogen and oxygen atoms in total. The van der Waals surface area contributed by atoms with Crippen LogP contribution in [0.4, 0.5) is 10.1 Å². The van der Waals surface area contributed by atoms with Crippen molar-refractivity contribution in [2.75, 3.05) is 11.5 Å². The molecule has 4 rings (SSSR count). The quantitative estimate of drug-likeness (QED) is 0.709. The van der Waals surface area contributed by atoms with Crippen molar-refractivity contribution in [2.24, 2.45) is 0 Å². The molecule has 1 amide bonds. The monoisotopic (exact) mass is 391 g/mol. The summed E-state index contributed by atoms with van der Waals surface area (Å²) in [6, 6.07) is 10.7. The fraction of sp³-hybridized carbons (Fsp3) is 0.158. The van der Waals surface area contributed by atoms with Gasteiger partial charge in [0.05, 0.1) is 17.0 Å². The molecule has 0 saturated heterocycles. The van der Waals surface area contributed by atoms with E-state index in [9.17, 15) is 14.0 Å². The standard InChI is InChI=1S/C19H12Cl2FNO3/c20-13-5-2-6-14(21)17(13)12-8-16(24)23(11-4-1-3-10(22)7-11)15-9-26-19(25)18(12)15/h1-7,12H,8-9H2/t12-/m1/s1. The summed E-state index contributed by atoms with van der Waals surface area (Å²) in [7, 11) is 0. The van der Waals surface area contributed by atoms with Crippen LogP contribution in [-0.2, 0) is 14.3 Å². The molecule has 7 heteroatoms. The highest BCUT2D eigenvalue weighted by Crippen LogP contribution is 2.45. The van der Waals surface area contributed by atoms with Crippen molar-refractivity contribution < 1.29 is 18.7 Å². The number of amides is 1. The highest BCUT2D eigenvalue weighted by atomic mass is 35.5. The lowest BCUT2D eigenvalue weighted by atomic mass is 9.84. The molecule has 2 aromatic carbocycles. The van der Waals surface area contributed by atoms with Gasteiger partial charge in [0, 0.05) is 22.4 Å². The Morgan fingerprint density at radius 2 is 1.77 bits per heavy atom. The second kappa shape index (κ2) is 6.41. The molecular formula is C19H12Cl2FNO3. The van der Waals surface area contributed by atoms with Gasteiger partial charge < -0.3 is 4.74 Å². The average Bonchev–Trinajstić information content (AvgIpc) is 2.96. The molecule has 0 radical (unpaired) electrons. The summed E-state index contributed by atoms with van der Waals surface area (Å²) < 4.78 is 18.8. The molecule has 0 aliphatic carbocycles. The van der Waals surface area contributed by atoms with Gasteiger partial charge in [0.15, 0.2) is 0 Å². The van der Waals surface area contributed by atoms with Crippen LogP contribution in [0.2, 0.25) is 10.0 Å². The number of cyclic esters (lactones) is 1. The van der Waals surface area contributed by atoms with Crippen LogP contribution < -0.4 is 4.90 Å². The zero-order chi connectivity index (χ0) is 18.4. The summed E-state index contributed by atoms with van der Waals surface area (Å²) in [6.45, 7) is -0.0605. The lowest BCUT2D eigenvalue weighted by Gasteiger charge is -2.32. The number of ether oxygens (including phenoxy) is 1. The maximum Gasteiger partial charge on any atom is 0.336 e. The first-order valence-corrected chi connectivity index (χ1v) is 8.65. The molecule has 0 bridgehead atoms. The Hall–Kier alpha value is -2.37. The van der Waals surface area contributed by atoms with Gasteiger partial charge in [-0.15, -0.1) is 0 Å². The van der Waals surface area contributed by atoms with E-state index in [1.807, 2.05) is 0 Å². The number of nitrogens with zero attached hydrogens (tertiary/aromatic N) is 1. The fourth-order valence-corrected chi connectivity index (χ4v) is 4.12. The SMILES string of the molecule is O=C1OCC2=C1[C@@H](c1c(Cl)cccc1Cl)CC(=O)N2c1cccc(F)c1. The van der Waals surface area contributed by atoms with Gasteiger partial charge in [-0.25, -0.2) is 9.18 Å². The van der Waals surface area contributed by atoms with Gasteiger partial charge in [-0.1, -0.05) is 35.3 Å². The van der Waals surface area contributed by atoms with Crippen molar-refractivity contribution in [3.8, 4) is 0 Å². The van der Waals surface area contributed by atoms with E-state index in [0.717, 1.165) is 0 Å². The third-order valence-electron chi connectivity index (χ3n) is 4.53. The first kappa shape index (κ1) is 17.1. The van der Waals surface area contributed by atoms with Gasteiger partial charge in [0.2, 0.25) is 5.91 Å². The van der Waals surface area contributed by atoms with E-state index >= 15 is 0 Å². The van der Waals surface area contributed by atoms with Crippen LogP contribution in [0.25, 0.3) is 0 Å². The largest absolute Gasteiger partial charge is 0.456 e.